The van der Waals surface area contributed by atoms with Crippen LogP contribution in [0.4, 0.5) is 8.78 Å². The van der Waals surface area contributed by atoms with Gasteiger partial charge in [0.25, 0.3) is 5.91 Å². The molecule has 2 aromatic carbocycles. The molecule has 5 nitrogen and oxygen atoms in total. The van der Waals surface area contributed by atoms with Gasteiger partial charge in [0, 0.05) is 44.7 Å². The molecule has 1 unspecified atom stereocenters. The Morgan fingerprint density at radius 3 is 2.46 bits per heavy atom. The molecule has 1 fully saturated rings. The first kappa shape index (κ1) is 18.6. The highest BCUT2D eigenvalue weighted by atomic mass is 19.1. The minimum Gasteiger partial charge on any atom is -0.382 e. The molecule has 2 aliphatic rings. The Morgan fingerprint density at radius 2 is 1.75 bits per heavy atom. The van der Waals surface area contributed by atoms with Crippen molar-refractivity contribution >= 4 is 11.6 Å². The molecule has 2 aromatic rings. The molecule has 1 atom stereocenters. The number of piperazine rings is 1. The summed E-state index contributed by atoms with van der Waals surface area (Å²) in [4.78, 5) is 22.0. The van der Waals surface area contributed by atoms with Crippen LogP contribution in [-0.2, 0) is 16.2 Å². The van der Waals surface area contributed by atoms with Crippen molar-refractivity contribution in [1.82, 2.24) is 9.80 Å². The zero-order chi connectivity index (χ0) is 19.5. The van der Waals surface area contributed by atoms with Gasteiger partial charge in [-0.3, -0.25) is 9.69 Å². The van der Waals surface area contributed by atoms with Crippen molar-refractivity contribution in [1.29, 1.82) is 0 Å². The average molecular weight is 385 g/mol. The van der Waals surface area contributed by atoms with Gasteiger partial charge in [0.05, 0.1) is 5.71 Å². The summed E-state index contributed by atoms with van der Waals surface area (Å²) in [6.07, 6.45) is -0.266. The highest BCUT2D eigenvalue weighted by Gasteiger charge is 2.33. The predicted molar refractivity (Wildman–Crippen MR) is 101 cm³/mol. The summed E-state index contributed by atoms with van der Waals surface area (Å²) in [5, 5.41) is 4.01. The van der Waals surface area contributed by atoms with Crippen molar-refractivity contribution in [3.05, 3.63) is 71.3 Å². The van der Waals surface area contributed by atoms with Crippen LogP contribution in [0.25, 0.3) is 0 Å². The summed E-state index contributed by atoms with van der Waals surface area (Å²) in [6, 6.07) is 12.7. The summed E-state index contributed by atoms with van der Waals surface area (Å²) in [5.74, 6) is -0.610. The number of oxime groups is 1. The van der Waals surface area contributed by atoms with Gasteiger partial charge >= 0.3 is 0 Å². The molecular weight excluding hydrogens is 364 g/mol. The molecule has 2 aliphatic heterocycles. The molecule has 4 rings (SSSR count). The minimum atomic E-state index is -0.641. The quantitative estimate of drug-likeness (QED) is 0.813. The van der Waals surface area contributed by atoms with Gasteiger partial charge in [0.15, 0.2) is 0 Å². The molecule has 1 saturated heterocycles. The number of carbonyl (C=O) groups excluding carboxylic acids is 1. The number of nitrogens with zero attached hydrogens (tertiary/aromatic N) is 3. The van der Waals surface area contributed by atoms with E-state index in [1.165, 1.54) is 18.2 Å². The second-order valence-electron chi connectivity index (χ2n) is 7.04. The lowest BCUT2D eigenvalue weighted by Crippen LogP contribution is -2.51. The fraction of sp³-hybridized carbons (Fsp3) is 0.333. The van der Waals surface area contributed by atoms with E-state index < -0.39 is 6.10 Å². The standard InChI is InChI=1S/C21H21F2N3O2/c22-17-7-5-15(6-8-17)19-13-20(28-24-19)21(27)26-11-9-25(10-12-26)14-16-3-1-2-4-18(16)23/h1-8,20H,9-14H2. The Bertz CT molecular complexity index is 877. The van der Waals surface area contributed by atoms with Gasteiger partial charge in [-0.2, -0.15) is 0 Å². The zero-order valence-corrected chi connectivity index (χ0v) is 15.4. The van der Waals surface area contributed by atoms with E-state index in [2.05, 4.69) is 10.1 Å². The van der Waals surface area contributed by atoms with Crippen molar-refractivity contribution < 1.29 is 18.4 Å². The molecule has 0 aromatic heterocycles. The van der Waals surface area contributed by atoms with Gasteiger partial charge in [0.2, 0.25) is 6.10 Å². The van der Waals surface area contributed by atoms with E-state index in [-0.39, 0.29) is 17.5 Å². The summed E-state index contributed by atoms with van der Waals surface area (Å²) < 4.78 is 26.9. The smallest absolute Gasteiger partial charge is 0.266 e. The summed E-state index contributed by atoms with van der Waals surface area (Å²) in [6.45, 7) is 3.03. The van der Waals surface area contributed by atoms with E-state index in [1.54, 1.807) is 29.2 Å². The number of amides is 1. The van der Waals surface area contributed by atoms with Crippen LogP contribution in [0.1, 0.15) is 17.5 Å². The number of hydrogen-bond acceptors (Lipinski definition) is 4. The normalized spacial score (nSPS) is 20.0. The average Bonchev–Trinajstić information content (AvgIpc) is 3.20. The van der Waals surface area contributed by atoms with E-state index in [4.69, 9.17) is 4.84 Å². The predicted octanol–water partition coefficient (Wildman–Crippen LogP) is 2.80. The molecular formula is C21H21F2N3O2. The maximum atomic E-state index is 13.8. The molecule has 0 bridgehead atoms. The fourth-order valence-electron chi connectivity index (χ4n) is 3.52. The number of hydrogen-bond donors (Lipinski definition) is 0. The van der Waals surface area contributed by atoms with Crippen LogP contribution in [0.15, 0.2) is 53.7 Å². The third kappa shape index (κ3) is 4.04. The third-order valence-corrected chi connectivity index (χ3v) is 5.16. The maximum absolute atomic E-state index is 13.8. The lowest BCUT2D eigenvalue weighted by molar-refractivity contribution is -0.143. The van der Waals surface area contributed by atoms with Crippen molar-refractivity contribution in [2.45, 2.75) is 19.1 Å². The van der Waals surface area contributed by atoms with Crippen LogP contribution >= 0.6 is 0 Å². The maximum Gasteiger partial charge on any atom is 0.266 e. The van der Waals surface area contributed by atoms with E-state index in [9.17, 15) is 13.6 Å². The van der Waals surface area contributed by atoms with Gasteiger partial charge < -0.3 is 9.74 Å². The molecule has 0 radical (unpaired) electrons. The van der Waals surface area contributed by atoms with Gasteiger partial charge in [-0.1, -0.05) is 35.5 Å². The second-order valence-corrected chi connectivity index (χ2v) is 7.04. The molecule has 0 N–H and O–H groups in total. The lowest BCUT2D eigenvalue weighted by atomic mass is 10.0. The number of rotatable bonds is 4. The van der Waals surface area contributed by atoms with Gasteiger partial charge in [-0.05, 0) is 23.8 Å². The molecule has 7 heteroatoms. The second kappa shape index (κ2) is 8.06. The van der Waals surface area contributed by atoms with Crippen molar-refractivity contribution in [2.24, 2.45) is 5.16 Å². The van der Waals surface area contributed by atoms with Crippen LogP contribution in [0.2, 0.25) is 0 Å². The first-order chi connectivity index (χ1) is 13.6. The van der Waals surface area contributed by atoms with Gasteiger partial charge in [-0.25, -0.2) is 8.78 Å². The third-order valence-electron chi connectivity index (χ3n) is 5.16. The van der Waals surface area contributed by atoms with Crippen LogP contribution in [0, 0.1) is 11.6 Å². The topological polar surface area (TPSA) is 45.1 Å². The Labute approximate surface area is 162 Å². The minimum absolute atomic E-state index is 0.0913. The molecule has 2 heterocycles. The van der Waals surface area contributed by atoms with E-state index in [0.717, 1.165) is 5.56 Å². The molecule has 0 aliphatic carbocycles. The molecule has 0 spiro atoms. The Balaban J connectivity index is 1.29. The highest BCUT2D eigenvalue weighted by molar-refractivity contribution is 6.04. The Hall–Kier alpha value is -2.80. The van der Waals surface area contributed by atoms with Crippen LogP contribution in [-0.4, -0.2) is 53.7 Å². The van der Waals surface area contributed by atoms with E-state index in [1.807, 2.05) is 6.07 Å². The molecule has 146 valence electrons. The SMILES string of the molecule is O=C(C1CC(c2ccc(F)cc2)=NO1)N1CCN(Cc2ccccc2F)CC1. The summed E-state index contributed by atoms with van der Waals surface area (Å²) in [5.41, 5.74) is 2.07. The molecule has 28 heavy (non-hydrogen) atoms. The van der Waals surface area contributed by atoms with Crippen LogP contribution in [0.5, 0.6) is 0 Å². The van der Waals surface area contributed by atoms with Gasteiger partial charge in [-0.15, -0.1) is 0 Å². The highest BCUT2D eigenvalue weighted by Crippen LogP contribution is 2.20. The lowest BCUT2D eigenvalue weighted by Gasteiger charge is -2.35. The molecule has 1 amide bonds. The van der Waals surface area contributed by atoms with Crippen LogP contribution in [0.3, 0.4) is 0 Å². The van der Waals surface area contributed by atoms with E-state index >= 15 is 0 Å². The first-order valence-corrected chi connectivity index (χ1v) is 9.33. The first-order valence-electron chi connectivity index (χ1n) is 9.33. The number of halogens is 2. The van der Waals surface area contributed by atoms with Crippen LogP contribution < -0.4 is 0 Å². The van der Waals surface area contributed by atoms with Crippen molar-refractivity contribution in [3.63, 3.8) is 0 Å². The Kier molecular flexibility index (Phi) is 5.34. The van der Waals surface area contributed by atoms with Crippen molar-refractivity contribution in [3.8, 4) is 0 Å². The van der Waals surface area contributed by atoms with Crippen molar-refractivity contribution in [2.75, 3.05) is 26.2 Å². The Morgan fingerprint density at radius 1 is 1.04 bits per heavy atom. The molecule has 0 saturated carbocycles. The summed E-state index contributed by atoms with van der Waals surface area (Å²) >= 11 is 0. The summed E-state index contributed by atoms with van der Waals surface area (Å²) in [7, 11) is 0. The zero-order valence-electron chi connectivity index (χ0n) is 15.4. The fourth-order valence-corrected chi connectivity index (χ4v) is 3.52. The number of carbonyl (C=O) groups is 1. The monoisotopic (exact) mass is 385 g/mol. The largest absolute Gasteiger partial charge is 0.382 e. The van der Waals surface area contributed by atoms with E-state index in [0.29, 0.717) is 50.4 Å². The number of benzene rings is 2. The van der Waals surface area contributed by atoms with Gasteiger partial charge in [0.1, 0.15) is 11.6 Å².